The summed E-state index contributed by atoms with van der Waals surface area (Å²) < 4.78 is 7.82. The number of ether oxygens (including phenoxy) is 1. The van der Waals surface area contributed by atoms with Crippen LogP contribution in [0.4, 0.5) is 0 Å². The largest absolute Gasteiger partial charge is 0.489 e. The molecule has 0 aliphatic carbocycles. The first-order chi connectivity index (χ1) is 13.3. The van der Waals surface area contributed by atoms with Gasteiger partial charge in [0.25, 0.3) is 5.91 Å². The summed E-state index contributed by atoms with van der Waals surface area (Å²) in [6, 6.07) is 8.10. The van der Waals surface area contributed by atoms with Crippen molar-refractivity contribution in [1.29, 1.82) is 0 Å². The van der Waals surface area contributed by atoms with Crippen LogP contribution < -0.4 is 4.74 Å². The molecule has 0 N–H and O–H groups in total. The van der Waals surface area contributed by atoms with Crippen molar-refractivity contribution in [2.75, 3.05) is 7.05 Å². The first kappa shape index (κ1) is 20.1. The Hall–Kier alpha value is -2.60. The number of amides is 1. The molecule has 0 radical (unpaired) electrons. The van der Waals surface area contributed by atoms with E-state index in [2.05, 4.69) is 24.2 Å². The average molecular weight is 398 g/mol. The van der Waals surface area contributed by atoms with Crippen molar-refractivity contribution >= 4 is 17.2 Å². The zero-order chi connectivity index (χ0) is 20.4. The standard InChI is InChI=1S/C22H27N3O2S/c1-14-7-8-15(2)20(9-14)27-12-18-10-21(28-13-18)22(26)24(5)11-19-16(3)23-25(6)17(19)4/h7-10,13H,11-12H2,1-6H3. The SMILES string of the molecule is Cc1ccc(C)c(OCc2csc(C(=O)N(C)Cc3c(C)nn(C)c3C)c2)c1. The van der Waals surface area contributed by atoms with Crippen molar-refractivity contribution in [2.24, 2.45) is 7.05 Å². The van der Waals surface area contributed by atoms with Crippen LogP contribution in [0.5, 0.6) is 5.75 Å². The smallest absolute Gasteiger partial charge is 0.263 e. The normalized spacial score (nSPS) is 10.9. The summed E-state index contributed by atoms with van der Waals surface area (Å²) in [6.07, 6.45) is 0. The number of benzene rings is 1. The number of carbonyl (C=O) groups excluding carboxylic acids is 1. The Morgan fingerprint density at radius 3 is 2.64 bits per heavy atom. The summed E-state index contributed by atoms with van der Waals surface area (Å²) in [5.74, 6) is 0.907. The number of rotatable bonds is 6. The molecule has 0 unspecified atom stereocenters. The van der Waals surface area contributed by atoms with Crippen molar-refractivity contribution in [1.82, 2.24) is 14.7 Å². The highest BCUT2D eigenvalue weighted by atomic mass is 32.1. The second kappa shape index (κ2) is 8.19. The van der Waals surface area contributed by atoms with E-state index in [1.807, 2.05) is 57.1 Å². The first-order valence-electron chi connectivity index (χ1n) is 9.28. The quantitative estimate of drug-likeness (QED) is 0.612. The lowest BCUT2D eigenvalue weighted by Gasteiger charge is -2.16. The molecule has 0 saturated heterocycles. The van der Waals surface area contributed by atoms with E-state index >= 15 is 0 Å². The summed E-state index contributed by atoms with van der Waals surface area (Å²) >= 11 is 1.46. The Balaban J connectivity index is 1.65. The minimum absolute atomic E-state index is 0.0191. The fourth-order valence-corrected chi connectivity index (χ4v) is 4.02. The monoisotopic (exact) mass is 397 g/mol. The van der Waals surface area contributed by atoms with Gasteiger partial charge in [0.15, 0.2) is 0 Å². The number of nitrogens with zero attached hydrogens (tertiary/aromatic N) is 3. The molecule has 1 amide bonds. The van der Waals surface area contributed by atoms with E-state index in [1.54, 1.807) is 4.90 Å². The molecule has 2 aromatic heterocycles. The fraction of sp³-hybridized carbons (Fsp3) is 0.364. The molecule has 148 valence electrons. The van der Waals surface area contributed by atoms with Crippen LogP contribution in [-0.2, 0) is 20.2 Å². The van der Waals surface area contributed by atoms with Gasteiger partial charge in [-0.15, -0.1) is 11.3 Å². The van der Waals surface area contributed by atoms with Gasteiger partial charge < -0.3 is 9.64 Å². The predicted molar refractivity (Wildman–Crippen MR) is 113 cm³/mol. The molecule has 0 bridgehead atoms. The van der Waals surface area contributed by atoms with E-state index in [4.69, 9.17) is 4.74 Å². The van der Waals surface area contributed by atoms with Crippen molar-refractivity contribution in [3.05, 3.63) is 68.2 Å². The van der Waals surface area contributed by atoms with Crippen molar-refractivity contribution in [3.8, 4) is 5.75 Å². The van der Waals surface area contributed by atoms with Gasteiger partial charge in [0.2, 0.25) is 0 Å². The van der Waals surface area contributed by atoms with Crippen LogP contribution in [0.2, 0.25) is 0 Å². The van der Waals surface area contributed by atoms with E-state index in [0.717, 1.165) is 38.7 Å². The highest BCUT2D eigenvalue weighted by molar-refractivity contribution is 7.12. The molecular weight excluding hydrogens is 370 g/mol. The van der Waals surface area contributed by atoms with Gasteiger partial charge in [-0.25, -0.2) is 0 Å². The summed E-state index contributed by atoms with van der Waals surface area (Å²) in [7, 11) is 3.76. The second-order valence-corrected chi connectivity index (χ2v) is 8.22. The van der Waals surface area contributed by atoms with E-state index < -0.39 is 0 Å². The maximum Gasteiger partial charge on any atom is 0.263 e. The van der Waals surface area contributed by atoms with Crippen LogP contribution in [-0.4, -0.2) is 27.6 Å². The maximum absolute atomic E-state index is 12.8. The third kappa shape index (κ3) is 4.28. The van der Waals surface area contributed by atoms with Crippen LogP contribution >= 0.6 is 11.3 Å². The Morgan fingerprint density at radius 1 is 1.21 bits per heavy atom. The van der Waals surface area contributed by atoms with Crippen molar-refractivity contribution in [2.45, 2.75) is 40.8 Å². The average Bonchev–Trinajstić information content (AvgIpc) is 3.22. The topological polar surface area (TPSA) is 47.4 Å². The molecule has 28 heavy (non-hydrogen) atoms. The molecular formula is C22H27N3O2S. The molecule has 6 heteroatoms. The van der Waals surface area contributed by atoms with Crippen LogP contribution in [0.1, 0.15) is 43.3 Å². The third-order valence-corrected chi connectivity index (χ3v) is 5.97. The van der Waals surface area contributed by atoms with Gasteiger partial charge >= 0.3 is 0 Å². The number of aryl methyl sites for hydroxylation is 4. The van der Waals surface area contributed by atoms with Gasteiger partial charge in [0.05, 0.1) is 10.6 Å². The van der Waals surface area contributed by atoms with Gasteiger partial charge in [0.1, 0.15) is 12.4 Å². The fourth-order valence-electron chi connectivity index (χ4n) is 3.13. The molecule has 1 aromatic carbocycles. The van der Waals surface area contributed by atoms with Crippen molar-refractivity contribution < 1.29 is 9.53 Å². The maximum atomic E-state index is 12.8. The molecule has 0 fully saturated rings. The van der Waals surface area contributed by atoms with Crippen LogP contribution in [0.15, 0.2) is 29.6 Å². The van der Waals surface area contributed by atoms with Crippen molar-refractivity contribution in [3.63, 3.8) is 0 Å². The van der Waals surface area contributed by atoms with Gasteiger partial charge in [-0.2, -0.15) is 5.10 Å². The number of thiophene rings is 1. The van der Waals surface area contributed by atoms with E-state index in [9.17, 15) is 4.79 Å². The summed E-state index contributed by atoms with van der Waals surface area (Å²) in [5.41, 5.74) is 6.45. The lowest BCUT2D eigenvalue weighted by atomic mass is 10.1. The summed E-state index contributed by atoms with van der Waals surface area (Å²) in [4.78, 5) is 15.3. The summed E-state index contributed by atoms with van der Waals surface area (Å²) in [6.45, 7) is 9.11. The van der Waals surface area contributed by atoms with Gasteiger partial charge in [0, 0.05) is 37.5 Å². The molecule has 0 atom stereocenters. The molecule has 5 nitrogen and oxygen atoms in total. The minimum atomic E-state index is 0.0191. The lowest BCUT2D eigenvalue weighted by Crippen LogP contribution is -2.26. The Bertz CT molecular complexity index is 1000. The van der Waals surface area contributed by atoms with E-state index in [0.29, 0.717) is 13.2 Å². The Kier molecular flexibility index (Phi) is 5.89. The van der Waals surface area contributed by atoms with E-state index in [1.165, 1.54) is 16.9 Å². The minimum Gasteiger partial charge on any atom is -0.489 e. The molecule has 0 saturated carbocycles. The number of carbonyl (C=O) groups is 1. The highest BCUT2D eigenvalue weighted by Crippen LogP contribution is 2.23. The Morgan fingerprint density at radius 2 is 1.96 bits per heavy atom. The Labute approximate surface area is 170 Å². The molecule has 3 rings (SSSR count). The van der Waals surface area contributed by atoms with Crippen LogP contribution in [0, 0.1) is 27.7 Å². The van der Waals surface area contributed by atoms with Gasteiger partial charge in [-0.05, 0) is 56.3 Å². The molecule has 2 heterocycles. The number of hydrogen-bond donors (Lipinski definition) is 0. The summed E-state index contributed by atoms with van der Waals surface area (Å²) in [5, 5.41) is 6.42. The molecule has 0 aliphatic heterocycles. The zero-order valence-corrected chi connectivity index (χ0v) is 18.2. The predicted octanol–water partition coefficient (Wildman–Crippen LogP) is 4.57. The highest BCUT2D eigenvalue weighted by Gasteiger charge is 2.18. The van der Waals surface area contributed by atoms with Gasteiger partial charge in [-0.3, -0.25) is 9.48 Å². The third-order valence-electron chi connectivity index (χ3n) is 5.00. The zero-order valence-electron chi connectivity index (χ0n) is 17.4. The first-order valence-corrected chi connectivity index (χ1v) is 10.2. The van der Waals surface area contributed by atoms with Gasteiger partial charge in [-0.1, -0.05) is 12.1 Å². The molecule has 0 aliphatic rings. The molecule has 3 aromatic rings. The van der Waals surface area contributed by atoms with E-state index in [-0.39, 0.29) is 5.91 Å². The van der Waals surface area contributed by atoms with Crippen LogP contribution in [0.25, 0.3) is 0 Å². The van der Waals surface area contributed by atoms with Crippen LogP contribution in [0.3, 0.4) is 0 Å². The number of hydrogen-bond acceptors (Lipinski definition) is 4. The number of aromatic nitrogens is 2. The molecule has 0 spiro atoms. The second-order valence-electron chi connectivity index (χ2n) is 7.31. The lowest BCUT2D eigenvalue weighted by molar-refractivity contribution is 0.0789.